The molecule has 13 heteroatoms. The predicted octanol–water partition coefficient (Wildman–Crippen LogP) is 4.05. The molecular formula is C24H28F5N3O5. The molecule has 37 heavy (non-hydrogen) atoms. The lowest BCUT2D eigenvalue weighted by Gasteiger charge is -2.32. The molecule has 2 saturated heterocycles. The highest BCUT2D eigenvalue weighted by atomic mass is 19.4. The Morgan fingerprint density at radius 2 is 1.97 bits per heavy atom. The van der Waals surface area contributed by atoms with E-state index in [1.807, 2.05) is 4.90 Å². The number of hydrogen-bond donors (Lipinski definition) is 1. The van der Waals surface area contributed by atoms with Gasteiger partial charge < -0.3 is 24.1 Å². The molecule has 1 aromatic carbocycles. The van der Waals surface area contributed by atoms with E-state index in [-0.39, 0.29) is 17.9 Å². The van der Waals surface area contributed by atoms with E-state index in [1.54, 1.807) is 0 Å². The highest BCUT2D eigenvalue weighted by Gasteiger charge is 2.66. The Labute approximate surface area is 210 Å². The van der Waals surface area contributed by atoms with E-state index in [4.69, 9.17) is 18.7 Å². The molecule has 2 aromatic rings. The van der Waals surface area contributed by atoms with E-state index in [0.29, 0.717) is 38.5 Å². The number of hydrogen-bond acceptors (Lipinski definition) is 7. The maximum Gasteiger partial charge on any atom is 0.417 e. The summed E-state index contributed by atoms with van der Waals surface area (Å²) in [5, 5.41) is 6.09. The summed E-state index contributed by atoms with van der Waals surface area (Å²) in [5.74, 6) is -6.71. The van der Waals surface area contributed by atoms with Crippen molar-refractivity contribution < 1.29 is 45.5 Å². The Balaban J connectivity index is 1.68. The van der Waals surface area contributed by atoms with Gasteiger partial charge in [-0.3, -0.25) is 9.69 Å². The average molecular weight is 533 g/mol. The maximum absolute atomic E-state index is 15.0. The van der Waals surface area contributed by atoms with Gasteiger partial charge in [0, 0.05) is 37.0 Å². The minimum absolute atomic E-state index is 0.0530. The molecule has 0 spiro atoms. The Kier molecular flexibility index (Phi) is 7.77. The van der Waals surface area contributed by atoms with Gasteiger partial charge in [0.1, 0.15) is 30.4 Å². The molecule has 2 aliphatic rings. The van der Waals surface area contributed by atoms with Crippen LogP contribution in [0.1, 0.15) is 31.0 Å². The standard InChI is InChI=1S/C24H28F5N3O5/c1-13-18(15-4-5-16(25)19(26)20(15)35-11-8-32-6-9-34-10-7-32)21(37-23(13,3)24(27,28)29)22(33)30-17-12-36-31-14(17)2/h4-5,12-13,18,21H,6-11H2,1-3H3,(H,30,33). The molecule has 2 aliphatic heterocycles. The monoisotopic (exact) mass is 533 g/mol. The van der Waals surface area contributed by atoms with E-state index in [2.05, 4.69) is 10.5 Å². The van der Waals surface area contributed by atoms with Crippen LogP contribution in [0.4, 0.5) is 27.6 Å². The molecule has 4 atom stereocenters. The number of carbonyl (C=O) groups is 1. The number of benzene rings is 1. The van der Waals surface area contributed by atoms with Gasteiger partial charge in [-0.15, -0.1) is 0 Å². The van der Waals surface area contributed by atoms with Crippen LogP contribution in [0.3, 0.4) is 0 Å². The van der Waals surface area contributed by atoms with Crippen molar-refractivity contribution in [2.75, 3.05) is 44.8 Å². The lowest BCUT2D eigenvalue weighted by molar-refractivity contribution is -0.272. The number of halogens is 5. The molecule has 2 fully saturated rings. The largest absolute Gasteiger partial charge is 0.489 e. The van der Waals surface area contributed by atoms with Crippen LogP contribution in [0, 0.1) is 24.5 Å². The Bertz CT molecular complexity index is 1120. The van der Waals surface area contributed by atoms with Crippen LogP contribution in [-0.4, -0.2) is 73.3 Å². The third kappa shape index (κ3) is 5.30. The third-order valence-electron chi connectivity index (χ3n) is 7.13. The normalized spacial score (nSPS) is 26.9. The van der Waals surface area contributed by atoms with E-state index in [1.165, 1.54) is 13.8 Å². The van der Waals surface area contributed by atoms with Gasteiger partial charge in [0.25, 0.3) is 5.91 Å². The molecule has 0 bridgehead atoms. The van der Waals surface area contributed by atoms with Crippen molar-refractivity contribution in [1.82, 2.24) is 10.1 Å². The zero-order chi connectivity index (χ0) is 27.0. The molecular weight excluding hydrogens is 505 g/mol. The van der Waals surface area contributed by atoms with E-state index in [0.717, 1.165) is 25.3 Å². The lowest BCUT2D eigenvalue weighted by Crippen LogP contribution is -2.47. The fraction of sp³-hybridized carbons (Fsp3) is 0.583. The summed E-state index contributed by atoms with van der Waals surface area (Å²) >= 11 is 0. The first-order valence-electron chi connectivity index (χ1n) is 11.8. The van der Waals surface area contributed by atoms with Crippen molar-refractivity contribution in [1.29, 1.82) is 0 Å². The fourth-order valence-corrected chi connectivity index (χ4v) is 4.70. The second kappa shape index (κ2) is 10.5. The molecule has 0 radical (unpaired) electrons. The van der Waals surface area contributed by atoms with E-state index >= 15 is 4.39 Å². The van der Waals surface area contributed by atoms with E-state index < -0.39 is 53.0 Å². The number of anilines is 1. The fourth-order valence-electron chi connectivity index (χ4n) is 4.70. The van der Waals surface area contributed by atoms with Gasteiger partial charge in [0.05, 0.1) is 13.2 Å². The molecule has 4 unspecified atom stereocenters. The second-order valence-electron chi connectivity index (χ2n) is 9.34. The van der Waals surface area contributed by atoms with Crippen LogP contribution < -0.4 is 10.1 Å². The number of carbonyl (C=O) groups excluding carboxylic acids is 1. The van der Waals surface area contributed by atoms with Gasteiger partial charge in [-0.2, -0.15) is 17.6 Å². The molecule has 0 saturated carbocycles. The maximum atomic E-state index is 15.0. The summed E-state index contributed by atoms with van der Waals surface area (Å²) < 4.78 is 92.8. The zero-order valence-corrected chi connectivity index (χ0v) is 20.5. The zero-order valence-electron chi connectivity index (χ0n) is 20.5. The van der Waals surface area contributed by atoms with Gasteiger partial charge in [0.15, 0.2) is 17.2 Å². The molecule has 1 aromatic heterocycles. The summed E-state index contributed by atoms with van der Waals surface area (Å²) in [6, 6.07) is 1.94. The number of rotatable bonds is 7. The van der Waals surface area contributed by atoms with Crippen molar-refractivity contribution in [2.24, 2.45) is 5.92 Å². The number of ether oxygens (including phenoxy) is 3. The molecule has 204 valence electrons. The quantitative estimate of drug-likeness (QED) is 0.538. The smallest absolute Gasteiger partial charge is 0.417 e. The minimum Gasteiger partial charge on any atom is -0.489 e. The van der Waals surface area contributed by atoms with Crippen molar-refractivity contribution in [3.8, 4) is 5.75 Å². The first-order valence-corrected chi connectivity index (χ1v) is 11.8. The second-order valence-corrected chi connectivity index (χ2v) is 9.34. The number of aromatic nitrogens is 1. The summed E-state index contributed by atoms with van der Waals surface area (Å²) in [7, 11) is 0. The summed E-state index contributed by atoms with van der Waals surface area (Å²) in [6.07, 6.45) is -5.44. The summed E-state index contributed by atoms with van der Waals surface area (Å²) in [4.78, 5) is 15.2. The molecule has 3 heterocycles. The first-order chi connectivity index (χ1) is 17.4. The van der Waals surface area contributed by atoms with Crippen molar-refractivity contribution in [3.63, 3.8) is 0 Å². The molecule has 0 aliphatic carbocycles. The highest BCUT2D eigenvalue weighted by molar-refractivity contribution is 5.95. The number of amides is 1. The van der Waals surface area contributed by atoms with Crippen LogP contribution in [0.2, 0.25) is 0 Å². The molecule has 1 N–H and O–H groups in total. The Morgan fingerprint density at radius 3 is 2.59 bits per heavy atom. The predicted molar refractivity (Wildman–Crippen MR) is 120 cm³/mol. The van der Waals surface area contributed by atoms with Crippen molar-refractivity contribution in [2.45, 2.75) is 44.6 Å². The molecule has 4 rings (SSSR count). The van der Waals surface area contributed by atoms with Gasteiger partial charge in [-0.1, -0.05) is 18.1 Å². The van der Waals surface area contributed by atoms with Gasteiger partial charge in [0.2, 0.25) is 5.82 Å². The van der Waals surface area contributed by atoms with Crippen LogP contribution >= 0.6 is 0 Å². The number of morpholine rings is 1. The third-order valence-corrected chi connectivity index (χ3v) is 7.13. The van der Waals surface area contributed by atoms with E-state index in [9.17, 15) is 22.4 Å². The van der Waals surface area contributed by atoms with Gasteiger partial charge in [-0.05, 0) is 19.9 Å². The number of nitrogens with one attached hydrogen (secondary N) is 1. The molecule has 8 nitrogen and oxygen atoms in total. The number of alkyl halides is 3. The minimum atomic E-state index is -4.86. The van der Waals surface area contributed by atoms with Crippen molar-refractivity contribution >= 4 is 11.6 Å². The highest BCUT2D eigenvalue weighted by Crippen LogP contribution is 2.55. The van der Waals surface area contributed by atoms with Crippen molar-refractivity contribution in [3.05, 3.63) is 41.3 Å². The Hall–Kier alpha value is -2.77. The van der Waals surface area contributed by atoms with Crippen LogP contribution in [0.5, 0.6) is 5.75 Å². The van der Waals surface area contributed by atoms with Gasteiger partial charge >= 0.3 is 6.18 Å². The molecule has 1 amide bonds. The first kappa shape index (κ1) is 27.3. The van der Waals surface area contributed by atoms with Crippen LogP contribution in [0.25, 0.3) is 0 Å². The number of aryl methyl sites for hydroxylation is 1. The van der Waals surface area contributed by atoms with Crippen LogP contribution in [-0.2, 0) is 14.3 Å². The number of nitrogens with zero attached hydrogens (tertiary/aromatic N) is 2. The summed E-state index contributed by atoms with van der Waals surface area (Å²) in [5.41, 5.74) is -2.40. The summed E-state index contributed by atoms with van der Waals surface area (Å²) in [6.45, 7) is 6.24. The topological polar surface area (TPSA) is 86.1 Å². The SMILES string of the molecule is Cc1nocc1NC(=O)C1OC(C)(C(F)(F)F)C(C)C1c1ccc(F)c(F)c1OCCN1CCOCC1. The average Bonchev–Trinajstić information content (AvgIpc) is 3.38. The lowest BCUT2D eigenvalue weighted by atomic mass is 9.77. The van der Waals surface area contributed by atoms with Gasteiger partial charge in [-0.25, -0.2) is 4.39 Å². The van der Waals surface area contributed by atoms with Crippen LogP contribution in [0.15, 0.2) is 22.9 Å². The Morgan fingerprint density at radius 1 is 1.27 bits per heavy atom.